The van der Waals surface area contributed by atoms with Crippen LogP contribution in [-0.4, -0.2) is 20.3 Å². The maximum atomic E-state index is 6.23. The third-order valence-corrected chi connectivity index (χ3v) is 3.72. The lowest BCUT2D eigenvalue weighted by molar-refractivity contribution is 0.210. The highest BCUT2D eigenvalue weighted by Crippen LogP contribution is 2.36. The lowest BCUT2D eigenvalue weighted by Crippen LogP contribution is -2.11. The summed E-state index contributed by atoms with van der Waals surface area (Å²) >= 11 is 6.23. The molecule has 0 atom stereocenters. The lowest BCUT2D eigenvalue weighted by atomic mass is 10.1. The topological polar surface area (TPSA) is 53.7 Å². The first-order valence-corrected chi connectivity index (χ1v) is 7.82. The van der Waals surface area contributed by atoms with E-state index in [1.54, 1.807) is 13.2 Å². The van der Waals surface area contributed by atoms with E-state index < -0.39 is 0 Å². The van der Waals surface area contributed by atoms with Crippen molar-refractivity contribution in [3.05, 3.63) is 52.0 Å². The fourth-order valence-corrected chi connectivity index (χ4v) is 2.58. The Bertz CT molecular complexity index is 674. The highest BCUT2D eigenvalue weighted by atomic mass is 35.5. The van der Waals surface area contributed by atoms with Crippen molar-refractivity contribution in [1.29, 1.82) is 0 Å². The molecule has 124 valence electrons. The highest BCUT2D eigenvalue weighted by Gasteiger charge is 2.11. The van der Waals surface area contributed by atoms with Crippen molar-refractivity contribution in [2.75, 3.05) is 20.3 Å². The van der Waals surface area contributed by atoms with Crippen LogP contribution in [0.1, 0.15) is 16.7 Å². The van der Waals surface area contributed by atoms with Gasteiger partial charge in [-0.2, -0.15) is 0 Å². The molecule has 5 heteroatoms. The van der Waals surface area contributed by atoms with Crippen molar-refractivity contribution < 1.29 is 14.2 Å². The van der Waals surface area contributed by atoms with E-state index in [0.717, 1.165) is 16.9 Å². The van der Waals surface area contributed by atoms with Gasteiger partial charge in [-0.25, -0.2) is 0 Å². The molecule has 23 heavy (non-hydrogen) atoms. The molecule has 0 bridgehead atoms. The van der Waals surface area contributed by atoms with Gasteiger partial charge in [0.1, 0.15) is 19.0 Å². The Morgan fingerprint density at radius 1 is 1.00 bits per heavy atom. The predicted molar refractivity (Wildman–Crippen MR) is 92.8 cm³/mol. The van der Waals surface area contributed by atoms with Crippen LogP contribution in [0.3, 0.4) is 0 Å². The minimum atomic E-state index is 0.366. The monoisotopic (exact) mass is 335 g/mol. The quantitative estimate of drug-likeness (QED) is 0.780. The molecule has 0 aliphatic carbocycles. The van der Waals surface area contributed by atoms with Crippen molar-refractivity contribution in [1.82, 2.24) is 0 Å². The maximum absolute atomic E-state index is 6.23. The van der Waals surface area contributed by atoms with Gasteiger partial charge in [0.15, 0.2) is 11.5 Å². The number of halogens is 1. The second kappa shape index (κ2) is 8.09. The second-order valence-electron chi connectivity index (χ2n) is 5.28. The van der Waals surface area contributed by atoms with E-state index in [1.807, 2.05) is 25.1 Å². The fraction of sp³-hybridized carbons (Fsp3) is 0.333. The van der Waals surface area contributed by atoms with Crippen LogP contribution >= 0.6 is 11.6 Å². The van der Waals surface area contributed by atoms with Crippen LogP contribution in [0, 0.1) is 13.8 Å². The van der Waals surface area contributed by atoms with Crippen LogP contribution in [0.15, 0.2) is 30.3 Å². The number of benzene rings is 2. The van der Waals surface area contributed by atoms with E-state index in [-0.39, 0.29) is 0 Å². The molecule has 2 aromatic rings. The Morgan fingerprint density at radius 3 is 2.39 bits per heavy atom. The molecule has 0 aromatic heterocycles. The van der Waals surface area contributed by atoms with E-state index >= 15 is 0 Å². The number of aryl methyl sites for hydroxylation is 2. The molecule has 0 amide bonds. The van der Waals surface area contributed by atoms with Gasteiger partial charge >= 0.3 is 0 Å². The molecular formula is C18H22ClNO3. The lowest BCUT2D eigenvalue weighted by Gasteiger charge is -2.15. The van der Waals surface area contributed by atoms with Crippen LogP contribution in [0.5, 0.6) is 17.2 Å². The summed E-state index contributed by atoms with van der Waals surface area (Å²) in [7, 11) is 1.57. The highest BCUT2D eigenvalue weighted by molar-refractivity contribution is 6.32. The van der Waals surface area contributed by atoms with E-state index in [2.05, 4.69) is 13.0 Å². The van der Waals surface area contributed by atoms with E-state index in [0.29, 0.717) is 36.3 Å². The molecule has 0 fully saturated rings. The smallest absolute Gasteiger partial charge is 0.179 e. The third-order valence-electron chi connectivity index (χ3n) is 3.44. The Balaban J connectivity index is 1.96. The molecule has 0 aliphatic rings. The Hall–Kier alpha value is -1.91. The Kier molecular flexibility index (Phi) is 6.13. The second-order valence-corrected chi connectivity index (χ2v) is 5.69. The van der Waals surface area contributed by atoms with E-state index in [4.69, 9.17) is 31.5 Å². The molecule has 0 aliphatic heterocycles. The summed E-state index contributed by atoms with van der Waals surface area (Å²) in [4.78, 5) is 0. The average molecular weight is 336 g/mol. The predicted octanol–water partition coefficient (Wildman–Crippen LogP) is 3.88. The first-order chi connectivity index (χ1) is 11.0. The standard InChI is InChI=1S/C18H22ClNO3/c1-12-4-5-16(13(2)8-12)22-6-7-23-18-15(19)9-14(11-20)10-17(18)21-3/h4-5,8-10H,6-7,11,20H2,1-3H3. The van der Waals surface area contributed by atoms with Crippen molar-refractivity contribution in [3.63, 3.8) is 0 Å². The van der Waals surface area contributed by atoms with Crippen LogP contribution in [0.2, 0.25) is 5.02 Å². The van der Waals surface area contributed by atoms with Gasteiger partial charge in [-0.15, -0.1) is 0 Å². The van der Waals surface area contributed by atoms with Crippen LogP contribution in [0.4, 0.5) is 0 Å². The summed E-state index contributed by atoms with van der Waals surface area (Å²) in [6.45, 7) is 5.26. The Labute approximate surface area is 142 Å². The van der Waals surface area contributed by atoms with Gasteiger partial charge in [0.25, 0.3) is 0 Å². The molecule has 0 unspecified atom stereocenters. The fourth-order valence-electron chi connectivity index (χ4n) is 2.29. The SMILES string of the molecule is COc1cc(CN)cc(Cl)c1OCCOc1ccc(C)cc1C. The molecule has 0 saturated heterocycles. The first kappa shape index (κ1) is 17.4. The number of nitrogens with two attached hydrogens (primary N) is 1. The van der Waals surface area contributed by atoms with E-state index in [1.165, 1.54) is 5.56 Å². The number of hydrogen-bond acceptors (Lipinski definition) is 4. The average Bonchev–Trinajstić information content (AvgIpc) is 2.53. The molecule has 0 saturated carbocycles. The zero-order chi connectivity index (χ0) is 16.8. The van der Waals surface area contributed by atoms with Gasteiger partial charge in [0, 0.05) is 6.54 Å². The minimum absolute atomic E-state index is 0.366. The molecule has 2 rings (SSSR count). The van der Waals surface area contributed by atoms with Gasteiger partial charge in [-0.1, -0.05) is 29.3 Å². The normalized spacial score (nSPS) is 10.5. The zero-order valence-corrected chi connectivity index (χ0v) is 14.4. The summed E-state index contributed by atoms with van der Waals surface area (Å²) in [5.74, 6) is 1.94. The Morgan fingerprint density at radius 2 is 1.74 bits per heavy atom. The van der Waals surface area contributed by atoms with Gasteiger partial charge in [0.2, 0.25) is 0 Å². The third kappa shape index (κ3) is 4.53. The van der Waals surface area contributed by atoms with Crippen molar-refractivity contribution in [2.24, 2.45) is 5.73 Å². The van der Waals surface area contributed by atoms with Crippen molar-refractivity contribution in [2.45, 2.75) is 20.4 Å². The van der Waals surface area contributed by atoms with Crippen molar-refractivity contribution >= 4 is 11.6 Å². The van der Waals surface area contributed by atoms with Crippen LogP contribution in [-0.2, 0) is 6.54 Å². The van der Waals surface area contributed by atoms with Crippen LogP contribution < -0.4 is 19.9 Å². The summed E-state index contributed by atoms with van der Waals surface area (Å²) in [6.07, 6.45) is 0. The number of methoxy groups -OCH3 is 1. The van der Waals surface area contributed by atoms with E-state index in [9.17, 15) is 0 Å². The molecule has 0 radical (unpaired) electrons. The number of ether oxygens (including phenoxy) is 3. The maximum Gasteiger partial charge on any atom is 0.179 e. The van der Waals surface area contributed by atoms with Gasteiger partial charge < -0.3 is 19.9 Å². The summed E-state index contributed by atoms with van der Waals surface area (Å²) in [5, 5.41) is 0.483. The molecule has 2 aromatic carbocycles. The molecule has 2 N–H and O–H groups in total. The molecule has 0 heterocycles. The van der Waals surface area contributed by atoms with Crippen LogP contribution in [0.25, 0.3) is 0 Å². The first-order valence-electron chi connectivity index (χ1n) is 7.44. The molecular weight excluding hydrogens is 314 g/mol. The minimum Gasteiger partial charge on any atom is -0.493 e. The van der Waals surface area contributed by atoms with Gasteiger partial charge in [-0.3, -0.25) is 0 Å². The zero-order valence-electron chi connectivity index (χ0n) is 13.7. The van der Waals surface area contributed by atoms with Gasteiger partial charge in [-0.05, 0) is 43.2 Å². The van der Waals surface area contributed by atoms with Gasteiger partial charge in [0.05, 0.1) is 12.1 Å². The summed E-state index contributed by atoms with van der Waals surface area (Å²) in [5.41, 5.74) is 8.84. The largest absolute Gasteiger partial charge is 0.493 e. The number of rotatable bonds is 7. The summed E-state index contributed by atoms with van der Waals surface area (Å²) in [6, 6.07) is 9.68. The molecule has 0 spiro atoms. The number of hydrogen-bond donors (Lipinski definition) is 1. The summed E-state index contributed by atoms with van der Waals surface area (Å²) < 4.78 is 16.8. The molecule has 4 nitrogen and oxygen atoms in total. The van der Waals surface area contributed by atoms with Crippen molar-refractivity contribution in [3.8, 4) is 17.2 Å².